The molecule has 0 bridgehead atoms. The number of hydrogen-bond acceptors (Lipinski definition) is 4. The molecule has 6 heteroatoms. The molecule has 2 N–H and O–H groups in total. The zero-order valence-electron chi connectivity index (χ0n) is 10.5. The van der Waals surface area contributed by atoms with Crippen LogP contribution in [-0.2, 0) is 10.0 Å². The van der Waals surface area contributed by atoms with Crippen molar-refractivity contribution in [1.29, 1.82) is 0 Å². The van der Waals surface area contributed by atoms with Crippen LogP contribution >= 0.6 is 0 Å². The Morgan fingerprint density at radius 3 is 2.41 bits per heavy atom. The molecule has 2 fully saturated rings. The van der Waals surface area contributed by atoms with Gasteiger partial charge in [-0.25, -0.2) is 12.7 Å². The monoisotopic (exact) mass is 261 g/mol. The molecule has 0 radical (unpaired) electrons. The highest BCUT2D eigenvalue weighted by Crippen LogP contribution is 2.14. The SMILES string of the molecule is CS(=O)(=O)N1CCC(NC2CCCNC2)CC1. The van der Waals surface area contributed by atoms with E-state index in [-0.39, 0.29) is 0 Å². The van der Waals surface area contributed by atoms with Crippen LogP contribution in [0.4, 0.5) is 0 Å². The Morgan fingerprint density at radius 2 is 1.88 bits per heavy atom. The van der Waals surface area contributed by atoms with Crippen LogP contribution in [0.15, 0.2) is 0 Å². The van der Waals surface area contributed by atoms with Gasteiger partial charge in [0.2, 0.25) is 10.0 Å². The molecule has 0 aromatic heterocycles. The fourth-order valence-corrected chi connectivity index (χ4v) is 3.56. The summed E-state index contributed by atoms with van der Waals surface area (Å²) in [6.45, 7) is 3.50. The van der Waals surface area contributed by atoms with Crippen LogP contribution in [0.25, 0.3) is 0 Å². The van der Waals surface area contributed by atoms with Gasteiger partial charge in [0.1, 0.15) is 0 Å². The molecule has 0 aromatic carbocycles. The van der Waals surface area contributed by atoms with E-state index in [4.69, 9.17) is 0 Å². The first kappa shape index (κ1) is 13.3. The van der Waals surface area contributed by atoms with Crippen LogP contribution in [-0.4, -0.2) is 57.2 Å². The molecule has 0 amide bonds. The average Bonchev–Trinajstić information content (AvgIpc) is 2.30. The summed E-state index contributed by atoms with van der Waals surface area (Å²) in [6, 6.07) is 1.05. The fraction of sp³-hybridized carbons (Fsp3) is 1.00. The molecule has 0 spiro atoms. The minimum Gasteiger partial charge on any atom is -0.315 e. The Labute approximate surface area is 104 Å². The minimum absolute atomic E-state index is 0.484. The van der Waals surface area contributed by atoms with Crippen molar-refractivity contribution in [3.63, 3.8) is 0 Å². The first-order valence-corrected chi connectivity index (χ1v) is 8.32. The second kappa shape index (κ2) is 5.65. The van der Waals surface area contributed by atoms with Crippen molar-refractivity contribution >= 4 is 10.0 Å². The Balaban J connectivity index is 1.75. The van der Waals surface area contributed by atoms with Crippen molar-refractivity contribution in [3.05, 3.63) is 0 Å². The van der Waals surface area contributed by atoms with Gasteiger partial charge in [-0.15, -0.1) is 0 Å². The fourth-order valence-electron chi connectivity index (χ4n) is 2.68. The largest absolute Gasteiger partial charge is 0.315 e. The van der Waals surface area contributed by atoms with E-state index in [9.17, 15) is 8.42 Å². The number of hydrogen-bond donors (Lipinski definition) is 2. The van der Waals surface area contributed by atoms with Crippen LogP contribution < -0.4 is 10.6 Å². The number of sulfonamides is 1. The second-order valence-electron chi connectivity index (χ2n) is 5.15. The molecule has 0 aromatic rings. The topological polar surface area (TPSA) is 61.4 Å². The maximum atomic E-state index is 11.4. The van der Waals surface area contributed by atoms with Gasteiger partial charge in [0.05, 0.1) is 6.26 Å². The summed E-state index contributed by atoms with van der Waals surface area (Å²) in [4.78, 5) is 0. The highest BCUT2D eigenvalue weighted by molar-refractivity contribution is 7.88. The molecule has 2 aliphatic rings. The number of nitrogens with zero attached hydrogens (tertiary/aromatic N) is 1. The lowest BCUT2D eigenvalue weighted by atomic mass is 10.0. The summed E-state index contributed by atoms with van der Waals surface area (Å²) in [5.41, 5.74) is 0. The zero-order chi connectivity index (χ0) is 12.3. The molecule has 17 heavy (non-hydrogen) atoms. The molecule has 2 aliphatic heterocycles. The lowest BCUT2D eigenvalue weighted by Gasteiger charge is -2.34. The summed E-state index contributed by atoms with van der Waals surface area (Å²) in [5, 5.41) is 7.03. The quantitative estimate of drug-likeness (QED) is 0.735. The Morgan fingerprint density at radius 1 is 1.18 bits per heavy atom. The molecule has 2 saturated heterocycles. The highest BCUT2D eigenvalue weighted by atomic mass is 32.2. The van der Waals surface area contributed by atoms with E-state index in [0.29, 0.717) is 25.2 Å². The van der Waals surface area contributed by atoms with Gasteiger partial charge in [-0.05, 0) is 32.2 Å². The first-order chi connectivity index (χ1) is 8.05. The number of piperidine rings is 2. The van der Waals surface area contributed by atoms with Crippen molar-refractivity contribution in [2.75, 3.05) is 32.4 Å². The predicted octanol–water partition coefficient (Wildman–Crippen LogP) is -0.248. The van der Waals surface area contributed by atoms with Gasteiger partial charge in [-0.3, -0.25) is 0 Å². The zero-order valence-corrected chi connectivity index (χ0v) is 11.3. The summed E-state index contributed by atoms with van der Waals surface area (Å²) in [5.74, 6) is 0. The Kier molecular flexibility index (Phi) is 4.41. The molecular formula is C11H23N3O2S. The van der Waals surface area contributed by atoms with Crippen molar-refractivity contribution in [1.82, 2.24) is 14.9 Å². The van der Waals surface area contributed by atoms with Gasteiger partial charge in [-0.2, -0.15) is 0 Å². The molecule has 0 aliphatic carbocycles. The lowest BCUT2D eigenvalue weighted by Crippen LogP contribution is -2.51. The van der Waals surface area contributed by atoms with Gasteiger partial charge in [0.25, 0.3) is 0 Å². The molecule has 1 atom stereocenters. The van der Waals surface area contributed by atoms with Gasteiger partial charge < -0.3 is 10.6 Å². The molecular weight excluding hydrogens is 238 g/mol. The van der Waals surface area contributed by atoms with Crippen LogP contribution in [0.2, 0.25) is 0 Å². The van der Waals surface area contributed by atoms with E-state index in [0.717, 1.165) is 25.9 Å². The van der Waals surface area contributed by atoms with Gasteiger partial charge in [0, 0.05) is 31.7 Å². The number of nitrogens with one attached hydrogen (secondary N) is 2. The van der Waals surface area contributed by atoms with Gasteiger partial charge >= 0.3 is 0 Å². The van der Waals surface area contributed by atoms with Crippen molar-refractivity contribution in [3.8, 4) is 0 Å². The second-order valence-corrected chi connectivity index (χ2v) is 7.13. The van der Waals surface area contributed by atoms with E-state index < -0.39 is 10.0 Å². The van der Waals surface area contributed by atoms with E-state index in [1.807, 2.05) is 0 Å². The summed E-state index contributed by atoms with van der Waals surface area (Å²) >= 11 is 0. The van der Waals surface area contributed by atoms with Gasteiger partial charge in [-0.1, -0.05) is 0 Å². The summed E-state index contributed by atoms with van der Waals surface area (Å²) in [7, 11) is -2.99. The molecule has 100 valence electrons. The van der Waals surface area contributed by atoms with Crippen molar-refractivity contribution < 1.29 is 8.42 Å². The molecule has 0 saturated carbocycles. The van der Waals surface area contributed by atoms with Crippen LogP contribution in [0.3, 0.4) is 0 Å². The van der Waals surface area contributed by atoms with Crippen molar-refractivity contribution in [2.45, 2.75) is 37.8 Å². The maximum Gasteiger partial charge on any atom is 0.211 e. The van der Waals surface area contributed by atoms with E-state index >= 15 is 0 Å². The predicted molar refractivity (Wildman–Crippen MR) is 68.5 cm³/mol. The van der Waals surface area contributed by atoms with E-state index in [1.54, 1.807) is 4.31 Å². The smallest absolute Gasteiger partial charge is 0.211 e. The van der Waals surface area contributed by atoms with Crippen LogP contribution in [0.5, 0.6) is 0 Å². The Bertz CT molecular complexity index is 331. The summed E-state index contributed by atoms with van der Waals surface area (Å²) in [6.07, 6.45) is 5.64. The highest BCUT2D eigenvalue weighted by Gasteiger charge is 2.26. The van der Waals surface area contributed by atoms with E-state index in [1.165, 1.54) is 19.1 Å². The third-order valence-electron chi connectivity index (χ3n) is 3.69. The molecule has 2 heterocycles. The number of rotatable bonds is 3. The third kappa shape index (κ3) is 3.91. The van der Waals surface area contributed by atoms with E-state index in [2.05, 4.69) is 10.6 Å². The first-order valence-electron chi connectivity index (χ1n) is 6.47. The standard InChI is InChI=1S/C11H23N3O2S/c1-17(15,16)14-7-4-10(5-8-14)13-11-3-2-6-12-9-11/h10-13H,2-9H2,1H3. The van der Waals surface area contributed by atoms with Crippen LogP contribution in [0, 0.1) is 0 Å². The van der Waals surface area contributed by atoms with Gasteiger partial charge in [0.15, 0.2) is 0 Å². The maximum absolute atomic E-state index is 11.4. The molecule has 2 rings (SSSR count). The molecule has 1 unspecified atom stereocenters. The normalized spacial score (nSPS) is 29.4. The van der Waals surface area contributed by atoms with Crippen LogP contribution in [0.1, 0.15) is 25.7 Å². The summed E-state index contributed by atoms with van der Waals surface area (Å²) < 4.78 is 24.3. The third-order valence-corrected chi connectivity index (χ3v) is 4.99. The minimum atomic E-state index is -2.99. The Hall–Kier alpha value is -0.170. The lowest BCUT2D eigenvalue weighted by molar-refractivity contribution is 0.258. The van der Waals surface area contributed by atoms with Crippen molar-refractivity contribution in [2.24, 2.45) is 0 Å². The molecule has 5 nitrogen and oxygen atoms in total. The average molecular weight is 261 g/mol.